The van der Waals surface area contributed by atoms with Crippen LogP contribution in [-0.4, -0.2) is 33.6 Å². The van der Waals surface area contributed by atoms with Crippen molar-refractivity contribution < 1.29 is 8.42 Å². The maximum atomic E-state index is 11.9. The number of hydrogen-bond donors (Lipinski definition) is 0. The van der Waals surface area contributed by atoms with Crippen LogP contribution in [0.2, 0.25) is 0 Å². The fraction of sp³-hybridized carbons (Fsp3) is 0.333. The minimum Gasteiger partial charge on any atom is -0.244 e. The lowest BCUT2D eigenvalue weighted by molar-refractivity contribution is 0.589. The van der Waals surface area contributed by atoms with Gasteiger partial charge in [-0.15, -0.1) is 10.2 Å². The van der Waals surface area contributed by atoms with Crippen molar-refractivity contribution in [2.75, 3.05) is 0 Å². The summed E-state index contributed by atoms with van der Waals surface area (Å²) < 4.78 is 23.9. The van der Waals surface area contributed by atoms with E-state index in [1.807, 2.05) is 6.92 Å². The van der Waals surface area contributed by atoms with Crippen molar-refractivity contribution in [1.29, 1.82) is 0 Å². The summed E-state index contributed by atoms with van der Waals surface area (Å²) in [5.74, 6) is -0.133. The molecule has 0 aliphatic carbocycles. The minimum absolute atomic E-state index is 0.0237. The Hall–Kier alpha value is -1.83. The topological polar surface area (TPSA) is 90.6 Å². The van der Waals surface area contributed by atoms with Gasteiger partial charge in [0.1, 0.15) is 5.75 Å². The Balaban J connectivity index is 2.28. The third-order valence-corrected chi connectivity index (χ3v) is 3.59. The second-order valence-electron chi connectivity index (χ2n) is 3.63. The molecule has 0 bridgehead atoms. The summed E-state index contributed by atoms with van der Waals surface area (Å²) in [6, 6.07) is 3.17. The first-order valence-electron chi connectivity index (χ1n) is 4.86. The van der Waals surface area contributed by atoms with E-state index in [0.717, 1.165) is 5.56 Å². The van der Waals surface area contributed by atoms with E-state index in [9.17, 15) is 8.42 Å². The molecule has 2 aromatic rings. The van der Waals surface area contributed by atoms with Crippen molar-refractivity contribution in [3.63, 3.8) is 0 Å². The number of sulfone groups is 1. The quantitative estimate of drug-likeness (QED) is 0.758. The Kier molecular flexibility index (Phi) is 2.88. The molecule has 0 saturated carbocycles. The van der Waals surface area contributed by atoms with Crippen LogP contribution in [-0.2, 0) is 22.6 Å². The van der Waals surface area contributed by atoms with Crippen LogP contribution < -0.4 is 0 Å². The van der Waals surface area contributed by atoms with Crippen LogP contribution in [0, 0.1) is 6.92 Å². The number of tetrazole rings is 1. The molecule has 0 radical (unpaired) electrons. The number of nitrogens with zero attached hydrogens (tertiary/aromatic N) is 5. The number of aromatic nitrogens is 5. The van der Waals surface area contributed by atoms with Crippen LogP contribution in [0.25, 0.3) is 0 Å². The van der Waals surface area contributed by atoms with Gasteiger partial charge in [0.15, 0.2) is 10.9 Å². The SMILES string of the molecule is Cc1ccc(S(=O)(=O)Cc2nnn(C)n2)nc1. The highest BCUT2D eigenvalue weighted by Crippen LogP contribution is 2.11. The number of hydrogen-bond acceptors (Lipinski definition) is 6. The van der Waals surface area contributed by atoms with E-state index >= 15 is 0 Å². The molecule has 0 unspecified atom stereocenters. The molecule has 0 aliphatic rings. The molecule has 2 aromatic heterocycles. The van der Waals surface area contributed by atoms with Gasteiger partial charge in [0.2, 0.25) is 9.84 Å². The van der Waals surface area contributed by atoms with Crippen LogP contribution >= 0.6 is 0 Å². The summed E-state index contributed by atoms with van der Waals surface area (Å²) in [7, 11) is -1.93. The molecule has 0 aliphatic heterocycles. The monoisotopic (exact) mass is 253 g/mol. The summed E-state index contributed by atoms with van der Waals surface area (Å²) in [6.45, 7) is 1.84. The van der Waals surface area contributed by atoms with Crippen LogP contribution in [0.5, 0.6) is 0 Å². The van der Waals surface area contributed by atoms with Gasteiger partial charge in [0.05, 0.1) is 7.05 Å². The van der Waals surface area contributed by atoms with Crippen molar-refractivity contribution in [1.82, 2.24) is 25.2 Å². The average molecular weight is 253 g/mol. The molecule has 90 valence electrons. The molecule has 0 aromatic carbocycles. The largest absolute Gasteiger partial charge is 0.244 e. The number of aryl methyl sites for hydroxylation is 2. The smallest absolute Gasteiger partial charge is 0.203 e. The third-order valence-electron chi connectivity index (χ3n) is 2.07. The third kappa shape index (κ3) is 2.64. The first-order chi connectivity index (χ1) is 7.97. The van der Waals surface area contributed by atoms with Gasteiger partial charge in [-0.25, -0.2) is 13.4 Å². The zero-order valence-electron chi connectivity index (χ0n) is 9.40. The molecular weight excluding hydrogens is 242 g/mol. The van der Waals surface area contributed by atoms with Crippen molar-refractivity contribution in [2.24, 2.45) is 7.05 Å². The van der Waals surface area contributed by atoms with E-state index in [4.69, 9.17) is 0 Å². The summed E-state index contributed by atoms with van der Waals surface area (Å²) in [6.07, 6.45) is 1.51. The molecule has 17 heavy (non-hydrogen) atoms. The summed E-state index contributed by atoms with van der Waals surface area (Å²) in [5.41, 5.74) is 0.904. The molecular formula is C9H11N5O2S. The fourth-order valence-corrected chi connectivity index (χ4v) is 2.36. The Bertz CT molecular complexity index is 617. The van der Waals surface area contributed by atoms with Gasteiger partial charge in [-0.05, 0) is 23.8 Å². The second-order valence-corrected chi connectivity index (χ2v) is 5.56. The van der Waals surface area contributed by atoms with Crippen molar-refractivity contribution in [3.8, 4) is 0 Å². The molecule has 2 heterocycles. The predicted molar refractivity (Wildman–Crippen MR) is 58.7 cm³/mol. The molecule has 0 fully saturated rings. The highest BCUT2D eigenvalue weighted by atomic mass is 32.2. The molecule has 0 saturated heterocycles. The highest BCUT2D eigenvalue weighted by molar-refractivity contribution is 7.90. The summed E-state index contributed by atoms with van der Waals surface area (Å²) in [4.78, 5) is 5.10. The zero-order valence-corrected chi connectivity index (χ0v) is 10.2. The summed E-state index contributed by atoms with van der Waals surface area (Å²) >= 11 is 0. The molecule has 7 nitrogen and oxygen atoms in total. The van der Waals surface area contributed by atoms with Crippen LogP contribution in [0.4, 0.5) is 0 Å². The molecule has 0 N–H and O–H groups in total. The van der Waals surface area contributed by atoms with Crippen molar-refractivity contribution >= 4 is 9.84 Å². The van der Waals surface area contributed by atoms with Crippen LogP contribution in [0.3, 0.4) is 0 Å². The van der Waals surface area contributed by atoms with E-state index in [1.165, 1.54) is 17.1 Å². The number of rotatable bonds is 3. The molecule has 2 rings (SSSR count). The van der Waals surface area contributed by atoms with E-state index < -0.39 is 9.84 Å². The maximum absolute atomic E-state index is 11.9. The van der Waals surface area contributed by atoms with E-state index in [1.54, 1.807) is 13.1 Å². The molecule has 0 atom stereocenters. The van der Waals surface area contributed by atoms with Gasteiger partial charge in [-0.3, -0.25) is 0 Å². The normalized spacial score (nSPS) is 11.6. The minimum atomic E-state index is -3.51. The summed E-state index contributed by atoms with van der Waals surface area (Å²) in [5, 5.41) is 11.1. The predicted octanol–water partition coefficient (Wildman–Crippen LogP) is -0.113. The van der Waals surface area contributed by atoms with Crippen molar-refractivity contribution in [2.45, 2.75) is 17.7 Å². The Morgan fingerprint density at radius 2 is 2.12 bits per heavy atom. The highest BCUT2D eigenvalue weighted by Gasteiger charge is 2.19. The first-order valence-corrected chi connectivity index (χ1v) is 6.51. The Labute approximate surface area is 98.4 Å². The Morgan fingerprint density at radius 3 is 2.65 bits per heavy atom. The molecule has 0 amide bonds. The lowest BCUT2D eigenvalue weighted by Crippen LogP contribution is -2.08. The van der Waals surface area contributed by atoms with Crippen LogP contribution in [0.15, 0.2) is 23.4 Å². The van der Waals surface area contributed by atoms with Gasteiger partial charge in [0.25, 0.3) is 0 Å². The molecule has 8 heteroatoms. The van der Waals surface area contributed by atoms with Gasteiger partial charge in [-0.1, -0.05) is 6.07 Å². The van der Waals surface area contributed by atoms with E-state index in [2.05, 4.69) is 20.4 Å². The zero-order chi connectivity index (χ0) is 12.5. The lowest BCUT2D eigenvalue weighted by Gasteiger charge is -2.00. The average Bonchev–Trinajstić information content (AvgIpc) is 2.63. The van der Waals surface area contributed by atoms with E-state index in [-0.39, 0.29) is 16.6 Å². The number of pyridine rings is 1. The van der Waals surface area contributed by atoms with Gasteiger partial charge in [0, 0.05) is 6.20 Å². The first kappa shape index (κ1) is 11.6. The Morgan fingerprint density at radius 1 is 1.35 bits per heavy atom. The van der Waals surface area contributed by atoms with Gasteiger partial charge < -0.3 is 0 Å². The molecule has 0 spiro atoms. The second kappa shape index (κ2) is 4.21. The van der Waals surface area contributed by atoms with Gasteiger partial charge >= 0.3 is 0 Å². The standard InChI is InChI=1S/C9H11N5O2S/c1-7-3-4-9(10-5-7)17(15,16)6-8-11-13-14(2)12-8/h3-5H,6H2,1-2H3. The lowest BCUT2D eigenvalue weighted by atomic mass is 10.3. The maximum Gasteiger partial charge on any atom is 0.203 e. The van der Waals surface area contributed by atoms with Crippen molar-refractivity contribution in [3.05, 3.63) is 29.7 Å². The van der Waals surface area contributed by atoms with Gasteiger partial charge in [-0.2, -0.15) is 4.80 Å². The van der Waals surface area contributed by atoms with Crippen LogP contribution in [0.1, 0.15) is 11.4 Å². The fourth-order valence-electron chi connectivity index (χ4n) is 1.26. The van der Waals surface area contributed by atoms with E-state index in [0.29, 0.717) is 0 Å².